The molecule has 0 aliphatic rings. The van der Waals surface area contributed by atoms with E-state index in [9.17, 15) is 9.90 Å². The van der Waals surface area contributed by atoms with E-state index in [-0.39, 0.29) is 17.7 Å². The predicted molar refractivity (Wildman–Crippen MR) is 82.1 cm³/mol. The number of phenolic OH excluding ortho intramolecular Hbond substituents is 1. The molecule has 0 saturated heterocycles. The highest BCUT2D eigenvalue weighted by Crippen LogP contribution is 2.26. The number of rotatable bonds is 4. The third kappa shape index (κ3) is 3.39. The van der Waals surface area contributed by atoms with Gasteiger partial charge in [-0.25, -0.2) is 0 Å². The summed E-state index contributed by atoms with van der Waals surface area (Å²) in [6, 6.07) is 11.0. The molecule has 0 radical (unpaired) electrons. The fraction of sp³-hybridized carbons (Fsp3) is 0.312. The fourth-order valence-corrected chi connectivity index (χ4v) is 2.97. The molecule has 4 heteroatoms. The van der Waals surface area contributed by atoms with Gasteiger partial charge in [0, 0.05) is 16.8 Å². The predicted octanol–water partition coefficient (Wildman–Crippen LogP) is 3.52. The topological polar surface area (TPSA) is 40.5 Å². The summed E-state index contributed by atoms with van der Waals surface area (Å²) >= 11 is 1.72. The highest BCUT2D eigenvalue weighted by atomic mass is 32.1. The fourth-order valence-electron chi connectivity index (χ4n) is 2.00. The van der Waals surface area contributed by atoms with Crippen LogP contribution >= 0.6 is 11.3 Å². The SMILES string of the molecule is Cc1ccc([C@@H](C)N(C)C(=O)Cc2ccc(O)cc2)s1. The van der Waals surface area contributed by atoms with Crippen molar-refractivity contribution in [3.05, 3.63) is 51.7 Å². The van der Waals surface area contributed by atoms with Crippen molar-refractivity contribution in [2.45, 2.75) is 26.3 Å². The van der Waals surface area contributed by atoms with Gasteiger partial charge in [0.2, 0.25) is 5.91 Å². The lowest BCUT2D eigenvalue weighted by Gasteiger charge is -2.24. The van der Waals surface area contributed by atoms with E-state index >= 15 is 0 Å². The number of carbonyl (C=O) groups excluding carboxylic acids is 1. The van der Waals surface area contributed by atoms with Crippen LogP contribution in [0, 0.1) is 6.92 Å². The second kappa shape index (κ2) is 6.09. The van der Waals surface area contributed by atoms with Gasteiger partial charge in [-0.2, -0.15) is 0 Å². The maximum absolute atomic E-state index is 12.3. The van der Waals surface area contributed by atoms with Crippen LogP contribution in [0.25, 0.3) is 0 Å². The number of thiophene rings is 1. The van der Waals surface area contributed by atoms with Crippen molar-refractivity contribution in [2.24, 2.45) is 0 Å². The first-order valence-corrected chi connectivity index (χ1v) is 7.39. The zero-order valence-electron chi connectivity index (χ0n) is 12.0. The molecule has 2 rings (SSSR count). The van der Waals surface area contributed by atoms with Crippen LogP contribution in [0.2, 0.25) is 0 Å². The van der Waals surface area contributed by atoms with Gasteiger partial charge in [0.25, 0.3) is 0 Å². The molecule has 1 aromatic heterocycles. The third-order valence-corrected chi connectivity index (χ3v) is 4.61. The summed E-state index contributed by atoms with van der Waals surface area (Å²) in [6.45, 7) is 4.11. The lowest BCUT2D eigenvalue weighted by Crippen LogP contribution is -2.30. The van der Waals surface area contributed by atoms with Crippen LogP contribution in [0.15, 0.2) is 36.4 Å². The van der Waals surface area contributed by atoms with E-state index in [0.717, 1.165) is 5.56 Å². The van der Waals surface area contributed by atoms with Gasteiger partial charge in [-0.15, -0.1) is 11.3 Å². The molecule has 20 heavy (non-hydrogen) atoms. The van der Waals surface area contributed by atoms with Crippen LogP contribution in [0.3, 0.4) is 0 Å². The van der Waals surface area contributed by atoms with Crippen LogP contribution in [-0.4, -0.2) is 23.0 Å². The monoisotopic (exact) mass is 289 g/mol. The number of phenols is 1. The molecular formula is C16H19NO2S. The number of carbonyl (C=O) groups is 1. The summed E-state index contributed by atoms with van der Waals surface area (Å²) < 4.78 is 0. The molecule has 0 aliphatic carbocycles. The number of nitrogens with zero attached hydrogens (tertiary/aromatic N) is 1. The lowest BCUT2D eigenvalue weighted by molar-refractivity contribution is -0.131. The van der Waals surface area contributed by atoms with Gasteiger partial charge >= 0.3 is 0 Å². The van der Waals surface area contributed by atoms with Crippen molar-refractivity contribution in [2.75, 3.05) is 7.05 Å². The average Bonchev–Trinajstić information content (AvgIpc) is 2.86. The normalized spacial score (nSPS) is 12.2. The summed E-state index contributed by atoms with van der Waals surface area (Å²) in [4.78, 5) is 16.5. The third-order valence-electron chi connectivity index (χ3n) is 3.44. The first kappa shape index (κ1) is 14.6. The van der Waals surface area contributed by atoms with E-state index in [1.54, 1.807) is 40.5 Å². The molecule has 0 unspecified atom stereocenters. The number of aromatic hydroxyl groups is 1. The Bertz CT molecular complexity index is 589. The van der Waals surface area contributed by atoms with Crippen LogP contribution in [0.4, 0.5) is 0 Å². The molecular weight excluding hydrogens is 270 g/mol. The van der Waals surface area contributed by atoms with Crippen molar-refractivity contribution in [1.29, 1.82) is 0 Å². The first-order chi connectivity index (χ1) is 9.47. The zero-order chi connectivity index (χ0) is 14.7. The van der Waals surface area contributed by atoms with Crippen molar-refractivity contribution >= 4 is 17.2 Å². The Morgan fingerprint density at radius 2 is 1.90 bits per heavy atom. The van der Waals surface area contributed by atoms with Crippen LogP contribution < -0.4 is 0 Å². The van der Waals surface area contributed by atoms with Gasteiger partial charge in [-0.3, -0.25) is 4.79 Å². The number of benzene rings is 1. The van der Waals surface area contributed by atoms with E-state index in [4.69, 9.17) is 0 Å². The van der Waals surface area contributed by atoms with Gasteiger partial charge in [0.1, 0.15) is 5.75 Å². The van der Waals surface area contributed by atoms with Crippen molar-refractivity contribution in [1.82, 2.24) is 4.90 Å². The molecule has 3 nitrogen and oxygen atoms in total. The average molecular weight is 289 g/mol. The van der Waals surface area contributed by atoms with Crippen LogP contribution in [0.1, 0.15) is 28.3 Å². The Hall–Kier alpha value is -1.81. The standard InChI is InChI=1S/C16H19NO2S/c1-11-4-9-15(20-11)12(2)17(3)16(19)10-13-5-7-14(18)8-6-13/h4-9,12,18H,10H2,1-3H3/t12-/m1/s1. The summed E-state index contributed by atoms with van der Waals surface area (Å²) in [5.41, 5.74) is 0.911. The summed E-state index contributed by atoms with van der Waals surface area (Å²) in [7, 11) is 1.84. The molecule has 0 bridgehead atoms. The molecule has 1 atom stereocenters. The van der Waals surface area contributed by atoms with E-state index in [0.29, 0.717) is 6.42 Å². The largest absolute Gasteiger partial charge is 0.508 e. The molecule has 0 aliphatic heterocycles. The van der Waals surface area contributed by atoms with Gasteiger partial charge < -0.3 is 10.0 Å². The Morgan fingerprint density at radius 3 is 2.45 bits per heavy atom. The first-order valence-electron chi connectivity index (χ1n) is 6.57. The Kier molecular flexibility index (Phi) is 4.45. The molecule has 1 N–H and O–H groups in total. The molecule has 0 spiro atoms. The molecule has 0 saturated carbocycles. The van der Waals surface area contributed by atoms with E-state index in [2.05, 4.69) is 19.1 Å². The Balaban J connectivity index is 2.03. The second-order valence-electron chi connectivity index (χ2n) is 4.97. The number of amides is 1. The summed E-state index contributed by atoms with van der Waals surface area (Å²) in [5.74, 6) is 0.297. The van der Waals surface area contributed by atoms with Crippen molar-refractivity contribution in [3.63, 3.8) is 0 Å². The summed E-state index contributed by atoms with van der Waals surface area (Å²) in [6.07, 6.45) is 0.353. The Morgan fingerprint density at radius 1 is 1.25 bits per heavy atom. The molecule has 2 aromatic rings. The van der Waals surface area contributed by atoms with Crippen LogP contribution in [0.5, 0.6) is 5.75 Å². The number of hydrogen-bond acceptors (Lipinski definition) is 3. The smallest absolute Gasteiger partial charge is 0.227 e. The van der Waals surface area contributed by atoms with E-state index in [1.807, 2.05) is 14.0 Å². The number of likely N-dealkylation sites (N-methyl/N-ethyl adjacent to an activating group) is 1. The molecule has 0 fully saturated rings. The molecule has 106 valence electrons. The van der Waals surface area contributed by atoms with Crippen molar-refractivity contribution in [3.8, 4) is 5.75 Å². The minimum absolute atomic E-state index is 0.0780. The van der Waals surface area contributed by atoms with Gasteiger partial charge in [-0.05, 0) is 43.7 Å². The highest BCUT2D eigenvalue weighted by molar-refractivity contribution is 7.12. The number of hydrogen-bond donors (Lipinski definition) is 1. The maximum atomic E-state index is 12.3. The van der Waals surface area contributed by atoms with Gasteiger partial charge in [0.15, 0.2) is 0 Å². The highest BCUT2D eigenvalue weighted by Gasteiger charge is 2.18. The number of aryl methyl sites for hydroxylation is 1. The Labute approximate surface area is 123 Å². The summed E-state index contributed by atoms with van der Waals surface area (Å²) in [5, 5.41) is 9.25. The quantitative estimate of drug-likeness (QED) is 0.935. The second-order valence-corrected chi connectivity index (χ2v) is 6.29. The molecule has 1 amide bonds. The molecule has 1 aromatic carbocycles. The van der Waals surface area contributed by atoms with E-state index < -0.39 is 0 Å². The van der Waals surface area contributed by atoms with Crippen LogP contribution in [-0.2, 0) is 11.2 Å². The maximum Gasteiger partial charge on any atom is 0.227 e. The van der Waals surface area contributed by atoms with Gasteiger partial charge in [-0.1, -0.05) is 12.1 Å². The van der Waals surface area contributed by atoms with Crippen molar-refractivity contribution < 1.29 is 9.90 Å². The molecule has 1 heterocycles. The lowest BCUT2D eigenvalue weighted by atomic mass is 10.1. The zero-order valence-corrected chi connectivity index (χ0v) is 12.8. The minimum Gasteiger partial charge on any atom is -0.508 e. The van der Waals surface area contributed by atoms with E-state index in [1.165, 1.54) is 9.75 Å². The minimum atomic E-state index is 0.0780. The van der Waals surface area contributed by atoms with Gasteiger partial charge in [0.05, 0.1) is 12.5 Å².